The predicted octanol–water partition coefficient (Wildman–Crippen LogP) is 1.13. The molecule has 0 amide bonds. The summed E-state index contributed by atoms with van der Waals surface area (Å²) in [4.78, 5) is 0. The number of nitrogens with one attached hydrogen (secondary N) is 1. The van der Waals surface area contributed by atoms with Crippen LogP contribution in [0.15, 0.2) is 0 Å². The fourth-order valence-electron chi connectivity index (χ4n) is 2.63. The molecular weight excluding hydrogens is 200 g/mol. The lowest BCUT2D eigenvalue weighted by molar-refractivity contribution is 0.0884. The van der Waals surface area contributed by atoms with Gasteiger partial charge >= 0.3 is 0 Å². The predicted molar refractivity (Wildman–Crippen MR) is 50.9 cm³/mol. The molecule has 3 nitrogen and oxygen atoms in total. The van der Waals surface area contributed by atoms with Gasteiger partial charge in [-0.3, -0.25) is 5.10 Å². The van der Waals surface area contributed by atoms with Crippen LogP contribution in [0.1, 0.15) is 29.8 Å². The first-order chi connectivity index (χ1) is 7.11. The minimum Gasteiger partial charge on any atom is -0.329 e. The number of H-pyrrole nitrogens is 1. The first kappa shape index (κ1) is 9.27. The Morgan fingerprint density at radius 1 is 1.40 bits per heavy atom. The van der Waals surface area contributed by atoms with E-state index in [1.165, 1.54) is 0 Å². The van der Waals surface area contributed by atoms with E-state index >= 15 is 0 Å². The zero-order chi connectivity index (χ0) is 10.7. The van der Waals surface area contributed by atoms with E-state index in [4.69, 9.17) is 5.73 Å². The minimum absolute atomic E-state index is 0.0166. The van der Waals surface area contributed by atoms with E-state index in [-0.39, 0.29) is 13.0 Å². The van der Waals surface area contributed by atoms with Crippen molar-refractivity contribution in [1.82, 2.24) is 10.2 Å². The summed E-state index contributed by atoms with van der Waals surface area (Å²) in [6.07, 6.45) is 2.67. The monoisotopic (exact) mass is 213 g/mol. The number of hydrogen-bond donors (Lipinski definition) is 2. The summed E-state index contributed by atoms with van der Waals surface area (Å²) in [5.41, 5.74) is 6.89. The number of alkyl halides is 2. The highest BCUT2D eigenvalue weighted by Crippen LogP contribution is 2.61. The third-order valence-electron chi connectivity index (χ3n) is 3.71. The van der Waals surface area contributed by atoms with Gasteiger partial charge < -0.3 is 5.73 Å². The molecule has 1 fully saturated rings. The van der Waals surface area contributed by atoms with Crippen molar-refractivity contribution in [2.45, 2.75) is 37.0 Å². The van der Waals surface area contributed by atoms with Gasteiger partial charge in [-0.1, -0.05) is 0 Å². The number of aromatic nitrogens is 2. The molecule has 0 radical (unpaired) electrons. The lowest BCUT2D eigenvalue weighted by Gasteiger charge is -2.12. The van der Waals surface area contributed by atoms with Crippen LogP contribution in [0.3, 0.4) is 0 Å². The van der Waals surface area contributed by atoms with Crippen LogP contribution in [0, 0.1) is 0 Å². The van der Waals surface area contributed by atoms with Crippen LogP contribution < -0.4 is 5.73 Å². The molecular formula is C10H13F2N3. The maximum Gasteiger partial charge on any atom is 0.261 e. The topological polar surface area (TPSA) is 54.7 Å². The van der Waals surface area contributed by atoms with Crippen molar-refractivity contribution in [3.05, 3.63) is 17.0 Å². The Kier molecular flexibility index (Phi) is 1.60. The van der Waals surface area contributed by atoms with Gasteiger partial charge in [0, 0.05) is 18.7 Å². The molecule has 1 atom stereocenters. The van der Waals surface area contributed by atoms with Gasteiger partial charge in [0.05, 0.1) is 11.1 Å². The summed E-state index contributed by atoms with van der Waals surface area (Å²) < 4.78 is 26.7. The minimum atomic E-state index is -2.66. The number of nitrogens with two attached hydrogens (primary N) is 1. The number of fused-ring (bicyclic) bond motifs is 1. The van der Waals surface area contributed by atoms with E-state index in [2.05, 4.69) is 10.2 Å². The van der Waals surface area contributed by atoms with Crippen molar-refractivity contribution in [3.63, 3.8) is 0 Å². The zero-order valence-electron chi connectivity index (χ0n) is 8.32. The first-order valence-electron chi connectivity index (χ1n) is 5.25. The van der Waals surface area contributed by atoms with Crippen molar-refractivity contribution >= 4 is 0 Å². The standard InChI is InChI=1S/C10H13F2N3/c11-10(12)4-9(10,5-13)8-6-2-1-3-7(6)14-15-8/h1-5,13H2,(H,14,15). The summed E-state index contributed by atoms with van der Waals surface area (Å²) in [6, 6.07) is 0. The fraction of sp³-hybridized carbons (Fsp3) is 0.700. The van der Waals surface area contributed by atoms with Crippen LogP contribution in [-0.4, -0.2) is 22.7 Å². The first-order valence-corrected chi connectivity index (χ1v) is 5.25. The summed E-state index contributed by atoms with van der Waals surface area (Å²) in [6.45, 7) is -0.0166. The molecule has 1 aromatic rings. The van der Waals surface area contributed by atoms with Crippen molar-refractivity contribution in [2.75, 3.05) is 6.54 Å². The molecule has 1 unspecified atom stereocenters. The Morgan fingerprint density at radius 3 is 2.73 bits per heavy atom. The van der Waals surface area contributed by atoms with Crippen LogP contribution in [0.4, 0.5) is 8.78 Å². The molecule has 1 saturated carbocycles. The van der Waals surface area contributed by atoms with Crippen molar-refractivity contribution in [2.24, 2.45) is 5.73 Å². The number of halogens is 2. The zero-order valence-corrected chi connectivity index (χ0v) is 8.32. The van der Waals surface area contributed by atoms with E-state index in [9.17, 15) is 8.78 Å². The molecule has 3 rings (SSSR count). The van der Waals surface area contributed by atoms with Crippen LogP contribution in [0.5, 0.6) is 0 Å². The second kappa shape index (κ2) is 2.58. The number of aromatic amines is 1. The molecule has 0 bridgehead atoms. The SMILES string of the molecule is NCC1(c2n[nH]c3c2CCC3)CC1(F)F. The largest absolute Gasteiger partial charge is 0.329 e. The summed E-state index contributed by atoms with van der Waals surface area (Å²) in [7, 11) is 0. The smallest absolute Gasteiger partial charge is 0.261 e. The Labute approximate surface area is 86.0 Å². The molecule has 0 aromatic carbocycles. The van der Waals surface area contributed by atoms with Gasteiger partial charge in [0.2, 0.25) is 0 Å². The molecule has 0 spiro atoms. The molecule has 2 aliphatic carbocycles. The molecule has 5 heteroatoms. The van der Waals surface area contributed by atoms with Crippen LogP contribution in [-0.2, 0) is 18.3 Å². The Morgan fingerprint density at radius 2 is 2.13 bits per heavy atom. The quantitative estimate of drug-likeness (QED) is 0.773. The maximum absolute atomic E-state index is 13.3. The second-order valence-electron chi connectivity index (χ2n) is 4.55. The molecule has 2 aliphatic rings. The highest BCUT2D eigenvalue weighted by Gasteiger charge is 2.73. The molecule has 0 saturated heterocycles. The van der Waals surface area contributed by atoms with Crippen LogP contribution in [0.25, 0.3) is 0 Å². The lowest BCUT2D eigenvalue weighted by atomic mass is 9.97. The highest BCUT2D eigenvalue weighted by molar-refractivity contribution is 5.42. The molecule has 3 N–H and O–H groups in total. The third kappa shape index (κ3) is 0.989. The average molecular weight is 213 g/mol. The van der Waals surface area contributed by atoms with Gasteiger partial charge in [0.25, 0.3) is 5.92 Å². The van der Waals surface area contributed by atoms with Crippen LogP contribution >= 0.6 is 0 Å². The summed E-state index contributed by atoms with van der Waals surface area (Å²) >= 11 is 0. The number of nitrogens with zero attached hydrogens (tertiary/aromatic N) is 1. The summed E-state index contributed by atoms with van der Waals surface area (Å²) in [5.74, 6) is -2.66. The molecule has 0 aliphatic heterocycles. The van der Waals surface area contributed by atoms with Crippen molar-refractivity contribution < 1.29 is 8.78 Å². The number of hydrogen-bond acceptors (Lipinski definition) is 2. The van der Waals surface area contributed by atoms with Gasteiger partial charge in [-0.05, 0) is 24.8 Å². The number of rotatable bonds is 2. The summed E-state index contributed by atoms with van der Waals surface area (Å²) in [5, 5.41) is 6.92. The molecule has 1 heterocycles. The molecule has 1 aromatic heterocycles. The fourth-order valence-corrected chi connectivity index (χ4v) is 2.63. The highest BCUT2D eigenvalue weighted by atomic mass is 19.3. The second-order valence-corrected chi connectivity index (χ2v) is 4.55. The van der Waals surface area contributed by atoms with Gasteiger partial charge in [-0.15, -0.1) is 0 Å². The Hall–Kier alpha value is -0.970. The van der Waals surface area contributed by atoms with Crippen molar-refractivity contribution in [3.8, 4) is 0 Å². The van der Waals surface area contributed by atoms with Gasteiger partial charge in [0.1, 0.15) is 0 Å². The normalized spacial score (nSPS) is 31.7. The molecule has 82 valence electrons. The van der Waals surface area contributed by atoms with E-state index in [1.54, 1.807) is 0 Å². The van der Waals surface area contributed by atoms with E-state index in [0.717, 1.165) is 30.5 Å². The van der Waals surface area contributed by atoms with Gasteiger partial charge in [-0.2, -0.15) is 5.10 Å². The third-order valence-corrected chi connectivity index (χ3v) is 3.71. The average Bonchev–Trinajstić information content (AvgIpc) is 2.61. The van der Waals surface area contributed by atoms with Gasteiger partial charge in [0.15, 0.2) is 0 Å². The van der Waals surface area contributed by atoms with E-state index in [0.29, 0.717) is 5.69 Å². The lowest BCUT2D eigenvalue weighted by Crippen LogP contribution is -2.28. The van der Waals surface area contributed by atoms with Crippen LogP contribution in [0.2, 0.25) is 0 Å². The van der Waals surface area contributed by atoms with E-state index < -0.39 is 11.3 Å². The Balaban J connectivity index is 2.07. The maximum atomic E-state index is 13.3. The Bertz CT molecular complexity index is 413. The van der Waals surface area contributed by atoms with Crippen molar-refractivity contribution in [1.29, 1.82) is 0 Å². The van der Waals surface area contributed by atoms with E-state index in [1.807, 2.05) is 0 Å². The van der Waals surface area contributed by atoms with Gasteiger partial charge in [-0.25, -0.2) is 8.78 Å². The number of aryl methyl sites for hydroxylation is 1. The molecule has 15 heavy (non-hydrogen) atoms.